The van der Waals surface area contributed by atoms with E-state index in [-0.39, 0.29) is 5.41 Å². The summed E-state index contributed by atoms with van der Waals surface area (Å²) in [5, 5.41) is 7.60. The molecule has 0 radical (unpaired) electrons. The predicted octanol–water partition coefficient (Wildman–Crippen LogP) is 5.00. The summed E-state index contributed by atoms with van der Waals surface area (Å²) in [5.74, 6) is -1.09. The molecular weight excluding hydrogens is 378 g/mol. The van der Waals surface area contributed by atoms with Crippen LogP contribution >= 0.6 is 11.6 Å². The Morgan fingerprint density at radius 1 is 1.30 bits per heavy atom. The fourth-order valence-corrected chi connectivity index (χ4v) is 2.58. The molecule has 9 heteroatoms. The summed E-state index contributed by atoms with van der Waals surface area (Å²) in [5.41, 5.74) is 0.297. The van der Waals surface area contributed by atoms with E-state index in [9.17, 15) is 13.6 Å². The van der Waals surface area contributed by atoms with Gasteiger partial charge in [0.1, 0.15) is 5.82 Å². The molecule has 3 rings (SSSR count). The Morgan fingerprint density at radius 2 is 2.04 bits per heavy atom. The molecule has 0 aliphatic heterocycles. The van der Waals surface area contributed by atoms with Crippen LogP contribution in [0, 0.1) is 0 Å². The molecule has 0 aliphatic carbocycles. The lowest BCUT2D eigenvalue weighted by Crippen LogP contribution is -2.16. The molecule has 1 N–H and O–H groups in total. The monoisotopic (exact) mass is 394 g/mol. The van der Waals surface area contributed by atoms with Crippen LogP contribution in [0.3, 0.4) is 0 Å². The van der Waals surface area contributed by atoms with E-state index in [1.807, 2.05) is 20.8 Å². The van der Waals surface area contributed by atoms with E-state index in [1.165, 1.54) is 4.68 Å². The smallest absolute Gasteiger partial charge is 0.294 e. The second-order valence-electron chi connectivity index (χ2n) is 6.88. The number of anilines is 1. The molecule has 0 aliphatic rings. The lowest BCUT2D eigenvalue weighted by atomic mass is 9.92. The van der Waals surface area contributed by atoms with E-state index in [1.54, 1.807) is 30.3 Å². The first-order valence-electron chi connectivity index (χ1n) is 8.06. The number of amides is 1. The zero-order valence-electron chi connectivity index (χ0n) is 14.8. The van der Waals surface area contributed by atoms with Gasteiger partial charge in [-0.2, -0.15) is 5.10 Å². The van der Waals surface area contributed by atoms with Crippen LogP contribution in [0.15, 0.2) is 41.1 Å². The van der Waals surface area contributed by atoms with Crippen LogP contribution in [0.25, 0.3) is 5.69 Å². The lowest BCUT2D eigenvalue weighted by molar-refractivity contribution is 0.0976. The highest BCUT2D eigenvalue weighted by Gasteiger charge is 2.26. The van der Waals surface area contributed by atoms with Gasteiger partial charge >= 0.3 is 0 Å². The van der Waals surface area contributed by atoms with E-state index in [2.05, 4.69) is 15.4 Å². The van der Waals surface area contributed by atoms with E-state index in [0.29, 0.717) is 22.2 Å². The maximum atomic E-state index is 13.0. The average molecular weight is 395 g/mol. The predicted molar refractivity (Wildman–Crippen MR) is 96.7 cm³/mol. The molecule has 0 saturated carbocycles. The first-order chi connectivity index (χ1) is 12.7. The number of halogens is 3. The number of hydrogen-bond acceptors (Lipinski definition) is 4. The normalized spacial score (nSPS) is 11.8. The first-order valence-corrected chi connectivity index (χ1v) is 8.44. The van der Waals surface area contributed by atoms with Crippen molar-refractivity contribution < 1.29 is 18.0 Å². The molecule has 1 amide bonds. The van der Waals surface area contributed by atoms with Gasteiger partial charge in [0.2, 0.25) is 5.76 Å². The highest BCUT2D eigenvalue weighted by molar-refractivity contribution is 6.30. The number of hydrogen-bond donors (Lipinski definition) is 1. The first kappa shape index (κ1) is 19.0. The quantitative estimate of drug-likeness (QED) is 0.675. The fourth-order valence-electron chi connectivity index (χ4n) is 2.39. The van der Waals surface area contributed by atoms with Crippen molar-refractivity contribution in [3.05, 3.63) is 58.9 Å². The zero-order chi connectivity index (χ0) is 19.8. The Labute approximate surface area is 159 Å². The number of benzene rings is 1. The second kappa shape index (κ2) is 7.11. The van der Waals surface area contributed by atoms with Gasteiger partial charge in [-0.1, -0.05) is 38.4 Å². The van der Waals surface area contributed by atoms with Crippen molar-refractivity contribution in [3.63, 3.8) is 0 Å². The van der Waals surface area contributed by atoms with Crippen molar-refractivity contribution in [1.29, 1.82) is 0 Å². The number of nitrogens with zero attached hydrogens (tertiary/aromatic N) is 3. The maximum Gasteiger partial charge on any atom is 0.294 e. The number of alkyl halides is 2. The minimum absolute atomic E-state index is 0.295. The summed E-state index contributed by atoms with van der Waals surface area (Å²) in [6, 6.07) is 8.57. The van der Waals surface area contributed by atoms with Crippen LogP contribution in [-0.4, -0.2) is 20.7 Å². The van der Waals surface area contributed by atoms with Gasteiger partial charge in [-0.3, -0.25) is 4.79 Å². The molecule has 2 heterocycles. The van der Waals surface area contributed by atoms with Crippen LogP contribution in [-0.2, 0) is 5.41 Å². The van der Waals surface area contributed by atoms with Gasteiger partial charge in [-0.15, -0.1) is 0 Å². The van der Waals surface area contributed by atoms with E-state index >= 15 is 0 Å². The van der Waals surface area contributed by atoms with Crippen LogP contribution in [0.5, 0.6) is 0 Å². The zero-order valence-corrected chi connectivity index (χ0v) is 15.6. The van der Waals surface area contributed by atoms with Crippen LogP contribution in [0.4, 0.5) is 14.6 Å². The Morgan fingerprint density at radius 3 is 2.67 bits per heavy atom. The molecule has 142 valence electrons. The highest BCUT2D eigenvalue weighted by Crippen LogP contribution is 2.28. The molecule has 0 fully saturated rings. The standard InChI is InChI=1S/C18H17ClF2N4O2/c1-18(2,3)12-8-13(25(24-12)11-6-4-5-10(19)7-11)23-17(26)15-14(16(20)21)22-9-27-15/h4-9,16H,1-3H3,(H,23,26). The molecule has 2 aromatic heterocycles. The molecule has 0 spiro atoms. The number of nitrogens with one attached hydrogen (secondary N) is 1. The Kier molecular flexibility index (Phi) is 5.01. The van der Waals surface area contributed by atoms with Gasteiger partial charge in [0.25, 0.3) is 12.3 Å². The van der Waals surface area contributed by atoms with E-state index in [0.717, 1.165) is 6.39 Å². The summed E-state index contributed by atoms with van der Waals surface area (Å²) < 4.78 is 32.3. The minimum Gasteiger partial charge on any atom is -0.438 e. The number of carbonyl (C=O) groups is 1. The van der Waals surface area contributed by atoms with Crippen LogP contribution in [0.2, 0.25) is 5.02 Å². The van der Waals surface area contributed by atoms with E-state index < -0.39 is 23.8 Å². The van der Waals surface area contributed by atoms with Crippen molar-refractivity contribution in [2.45, 2.75) is 32.6 Å². The molecule has 0 atom stereocenters. The summed E-state index contributed by atoms with van der Waals surface area (Å²) in [6.45, 7) is 5.90. The minimum atomic E-state index is -2.92. The van der Waals surface area contributed by atoms with Gasteiger partial charge in [-0.25, -0.2) is 18.4 Å². The third kappa shape index (κ3) is 4.00. The number of rotatable bonds is 4. The third-order valence-corrected chi connectivity index (χ3v) is 4.02. The topological polar surface area (TPSA) is 73.0 Å². The number of carbonyl (C=O) groups excluding carboxylic acids is 1. The van der Waals surface area contributed by atoms with E-state index in [4.69, 9.17) is 16.0 Å². The summed E-state index contributed by atoms with van der Waals surface area (Å²) in [6.07, 6.45) is -2.11. The second-order valence-corrected chi connectivity index (χ2v) is 7.31. The van der Waals surface area contributed by atoms with Crippen LogP contribution < -0.4 is 5.32 Å². The fraction of sp³-hybridized carbons (Fsp3) is 0.278. The van der Waals surface area contributed by atoms with Gasteiger partial charge in [-0.05, 0) is 18.2 Å². The van der Waals surface area contributed by atoms with Gasteiger partial charge in [0.05, 0.1) is 11.4 Å². The van der Waals surface area contributed by atoms with Crippen molar-refractivity contribution in [3.8, 4) is 5.69 Å². The highest BCUT2D eigenvalue weighted by atomic mass is 35.5. The van der Waals surface area contributed by atoms with Gasteiger partial charge in [0, 0.05) is 16.5 Å². The molecular formula is C18H17ClF2N4O2. The molecule has 0 bridgehead atoms. The molecule has 1 aromatic carbocycles. The number of aromatic nitrogens is 3. The van der Waals surface area contributed by atoms with Gasteiger partial charge in [0.15, 0.2) is 12.1 Å². The van der Waals surface area contributed by atoms with Gasteiger partial charge < -0.3 is 9.73 Å². The average Bonchev–Trinajstić information content (AvgIpc) is 3.21. The Hall–Kier alpha value is -2.74. The van der Waals surface area contributed by atoms with Crippen LogP contribution in [0.1, 0.15) is 49.1 Å². The number of oxazole rings is 1. The summed E-state index contributed by atoms with van der Waals surface area (Å²) in [4.78, 5) is 15.9. The molecule has 0 saturated heterocycles. The molecule has 6 nitrogen and oxygen atoms in total. The molecule has 3 aromatic rings. The lowest BCUT2D eigenvalue weighted by Gasteiger charge is -2.14. The van der Waals surface area contributed by atoms with Crippen molar-refractivity contribution in [2.24, 2.45) is 0 Å². The third-order valence-electron chi connectivity index (χ3n) is 3.78. The Bertz CT molecular complexity index is 976. The summed E-state index contributed by atoms with van der Waals surface area (Å²) in [7, 11) is 0. The SMILES string of the molecule is CC(C)(C)c1cc(NC(=O)c2ocnc2C(F)F)n(-c2cccc(Cl)c2)n1. The van der Waals surface area contributed by atoms with Crippen molar-refractivity contribution in [1.82, 2.24) is 14.8 Å². The van der Waals surface area contributed by atoms with Crippen molar-refractivity contribution in [2.75, 3.05) is 5.32 Å². The Balaban J connectivity index is 2.02. The van der Waals surface area contributed by atoms with Crippen molar-refractivity contribution >= 4 is 23.3 Å². The molecule has 27 heavy (non-hydrogen) atoms. The maximum absolute atomic E-state index is 13.0. The summed E-state index contributed by atoms with van der Waals surface area (Å²) >= 11 is 6.05. The molecule has 0 unspecified atom stereocenters. The largest absolute Gasteiger partial charge is 0.438 e.